The highest BCUT2D eigenvalue weighted by atomic mass is 16.2. The van der Waals surface area contributed by atoms with Crippen LogP contribution in [0.5, 0.6) is 0 Å². The molecule has 0 bridgehead atoms. The fourth-order valence-corrected chi connectivity index (χ4v) is 3.91. The number of nitrogens with one attached hydrogen (secondary N) is 1. The number of hydrogen-bond acceptors (Lipinski definition) is 5. The van der Waals surface area contributed by atoms with Crippen molar-refractivity contribution in [3.8, 4) is 11.3 Å². The maximum absolute atomic E-state index is 12.6. The van der Waals surface area contributed by atoms with Crippen molar-refractivity contribution in [1.82, 2.24) is 29.9 Å². The molecule has 5 rings (SSSR count). The average molecular weight is 375 g/mol. The van der Waals surface area contributed by atoms with Gasteiger partial charge in [-0.3, -0.25) is 14.6 Å². The van der Waals surface area contributed by atoms with Gasteiger partial charge in [0.05, 0.1) is 11.2 Å². The van der Waals surface area contributed by atoms with Gasteiger partial charge in [-0.25, -0.2) is 4.98 Å². The zero-order valence-corrected chi connectivity index (χ0v) is 15.6. The summed E-state index contributed by atoms with van der Waals surface area (Å²) >= 11 is 0. The van der Waals surface area contributed by atoms with E-state index in [1.165, 1.54) is 0 Å². The first-order chi connectivity index (χ1) is 13.6. The molecule has 3 aromatic heterocycles. The van der Waals surface area contributed by atoms with E-state index >= 15 is 0 Å². The minimum atomic E-state index is 0.0922. The average Bonchev–Trinajstić information content (AvgIpc) is 3.42. The van der Waals surface area contributed by atoms with Crippen LogP contribution in [0.4, 0.5) is 5.82 Å². The number of amides is 1. The van der Waals surface area contributed by atoms with E-state index in [0.29, 0.717) is 17.3 Å². The molecule has 3 N–H and O–H groups in total. The predicted molar refractivity (Wildman–Crippen MR) is 107 cm³/mol. The third kappa shape index (κ3) is 2.77. The van der Waals surface area contributed by atoms with E-state index in [-0.39, 0.29) is 12.5 Å². The molecule has 4 heterocycles. The molecule has 1 fully saturated rings. The van der Waals surface area contributed by atoms with Crippen molar-refractivity contribution in [2.75, 3.05) is 18.8 Å². The minimum Gasteiger partial charge on any atom is -0.382 e. The smallest absolute Gasteiger partial charge is 0.244 e. The Morgan fingerprint density at radius 1 is 1.32 bits per heavy atom. The number of nitrogens with zero attached hydrogens (tertiary/aromatic N) is 5. The number of nitrogens with two attached hydrogens (primary N) is 1. The lowest BCUT2D eigenvalue weighted by molar-refractivity contribution is -0.131. The van der Waals surface area contributed by atoms with E-state index in [9.17, 15) is 4.79 Å². The van der Waals surface area contributed by atoms with Crippen molar-refractivity contribution in [2.45, 2.75) is 19.9 Å². The number of nitrogen functional groups attached to an aromatic ring is 1. The van der Waals surface area contributed by atoms with Gasteiger partial charge in [0.1, 0.15) is 12.1 Å². The van der Waals surface area contributed by atoms with Crippen LogP contribution >= 0.6 is 0 Å². The molecule has 0 aliphatic carbocycles. The van der Waals surface area contributed by atoms with Gasteiger partial charge in [-0.2, -0.15) is 10.2 Å². The van der Waals surface area contributed by atoms with Crippen molar-refractivity contribution in [2.24, 2.45) is 5.92 Å². The first-order valence-corrected chi connectivity index (χ1v) is 9.42. The Bertz CT molecular complexity index is 1180. The topological polar surface area (TPSA) is 106 Å². The molecule has 1 aliphatic heterocycles. The third-order valence-corrected chi connectivity index (χ3v) is 5.42. The van der Waals surface area contributed by atoms with E-state index in [2.05, 4.69) is 27.2 Å². The second kappa shape index (κ2) is 6.33. The van der Waals surface area contributed by atoms with E-state index in [1.54, 1.807) is 10.9 Å². The van der Waals surface area contributed by atoms with Gasteiger partial charge in [-0.05, 0) is 24.5 Å². The Kier molecular flexibility index (Phi) is 3.78. The van der Waals surface area contributed by atoms with E-state index < -0.39 is 0 Å². The van der Waals surface area contributed by atoms with Crippen LogP contribution in [0.1, 0.15) is 13.3 Å². The molecule has 8 nitrogen and oxygen atoms in total. The van der Waals surface area contributed by atoms with Crippen LogP contribution in [-0.4, -0.2) is 48.9 Å². The van der Waals surface area contributed by atoms with E-state index in [1.807, 2.05) is 35.4 Å². The molecule has 28 heavy (non-hydrogen) atoms. The molecule has 4 aromatic rings. The van der Waals surface area contributed by atoms with Crippen molar-refractivity contribution in [1.29, 1.82) is 0 Å². The first kappa shape index (κ1) is 16.7. The Hall–Kier alpha value is -3.42. The van der Waals surface area contributed by atoms with Crippen LogP contribution < -0.4 is 5.73 Å². The fraction of sp³-hybridized carbons (Fsp3) is 0.300. The third-order valence-electron chi connectivity index (χ3n) is 5.42. The standard InChI is InChI=1S/C20H21N7O/c1-12-5-7-26(9-12)18(28)11-27-10-15-14-3-2-13(16-4-6-22-24-16)8-17(14)23-20(21)19(15)25-27/h2-4,6,8,10,12H,5,7,9,11H2,1H3,(H2,21,23)(H,22,24). The van der Waals surface area contributed by atoms with Crippen LogP contribution in [0.2, 0.25) is 0 Å². The lowest BCUT2D eigenvalue weighted by atomic mass is 10.1. The van der Waals surface area contributed by atoms with Crippen molar-refractivity contribution < 1.29 is 4.79 Å². The Morgan fingerprint density at radius 2 is 2.21 bits per heavy atom. The molecule has 1 unspecified atom stereocenters. The number of carbonyl (C=O) groups excluding carboxylic acids is 1. The first-order valence-electron chi connectivity index (χ1n) is 9.42. The highest BCUT2D eigenvalue weighted by molar-refractivity contribution is 6.08. The molecular formula is C20H21N7O. The maximum Gasteiger partial charge on any atom is 0.244 e. The van der Waals surface area contributed by atoms with Gasteiger partial charge in [0.25, 0.3) is 0 Å². The van der Waals surface area contributed by atoms with Gasteiger partial charge in [0, 0.05) is 41.8 Å². The lowest BCUT2D eigenvalue weighted by Crippen LogP contribution is -2.31. The molecule has 1 saturated heterocycles. The quantitative estimate of drug-likeness (QED) is 0.572. The number of aromatic amines is 1. The Morgan fingerprint density at radius 3 is 2.96 bits per heavy atom. The summed E-state index contributed by atoms with van der Waals surface area (Å²) in [6, 6.07) is 7.91. The number of benzene rings is 1. The van der Waals surface area contributed by atoms with Gasteiger partial charge in [-0.15, -0.1) is 0 Å². The minimum absolute atomic E-state index is 0.0922. The fourth-order valence-electron chi connectivity index (χ4n) is 3.91. The molecule has 8 heteroatoms. The Labute approximate surface area is 161 Å². The molecule has 0 radical (unpaired) electrons. The summed E-state index contributed by atoms with van der Waals surface area (Å²) in [6.45, 7) is 4.03. The zero-order chi connectivity index (χ0) is 19.3. The highest BCUT2D eigenvalue weighted by Crippen LogP contribution is 2.30. The molecule has 0 saturated carbocycles. The van der Waals surface area contributed by atoms with Crippen LogP contribution in [0.15, 0.2) is 36.7 Å². The van der Waals surface area contributed by atoms with Crippen molar-refractivity contribution in [3.63, 3.8) is 0 Å². The number of H-pyrrole nitrogens is 1. The van der Waals surface area contributed by atoms with Crippen molar-refractivity contribution >= 4 is 33.5 Å². The second-order valence-corrected chi connectivity index (χ2v) is 7.52. The molecule has 1 amide bonds. The largest absolute Gasteiger partial charge is 0.382 e. The Balaban J connectivity index is 1.52. The van der Waals surface area contributed by atoms with Crippen LogP contribution in [0.25, 0.3) is 33.1 Å². The molecular weight excluding hydrogens is 354 g/mol. The number of aromatic nitrogens is 5. The summed E-state index contributed by atoms with van der Waals surface area (Å²) in [6.07, 6.45) is 4.67. The van der Waals surface area contributed by atoms with Gasteiger partial charge in [-0.1, -0.05) is 19.1 Å². The summed E-state index contributed by atoms with van der Waals surface area (Å²) in [7, 11) is 0. The molecule has 142 valence electrons. The molecule has 1 aliphatic rings. The SMILES string of the molecule is CC1CCN(C(=O)Cn2cc3c(n2)c(N)nc2cc(-c4ccn[nH]4)ccc23)C1. The summed E-state index contributed by atoms with van der Waals surface area (Å²) < 4.78 is 1.68. The summed E-state index contributed by atoms with van der Waals surface area (Å²) in [5.74, 6) is 1.02. The van der Waals surface area contributed by atoms with Gasteiger partial charge >= 0.3 is 0 Å². The number of fused-ring (bicyclic) bond motifs is 3. The number of pyridine rings is 1. The number of carbonyl (C=O) groups is 1. The van der Waals surface area contributed by atoms with E-state index in [4.69, 9.17) is 5.73 Å². The summed E-state index contributed by atoms with van der Waals surface area (Å²) in [5, 5.41) is 13.3. The molecule has 1 aromatic carbocycles. The van der Waals surface area contributed by atoms with Crippen LogP contribution in [0, 0.1) is 5.92 Å². The zero-order valence-electron chi connectivity index (χ0n) is 15.6. The van der Waals surface area contributed by atoms with Crippen LogP contribution in [-0.2, 0) is 11.3 Å². The highest BCUT2D eigenvalue weighted by Gasteiger charge is 2.23. The predicted octanol–water partition coefficient (Wildman–Crippen LogP) is 2.43. The molecule has 1 atom stereocenters. The summed E-state index contributed by atoms with van der Waals surface area (Å²) in [4.78, 5) is 19.0. The number of rotatable bonds is 3. The van der Waals surface area contributed by atoms with Gasteiger partial charge in [0.15, 0.2) is 5.82 Å². The number of likely N-dealkylation sites (tertiary alicyclic amines) is 1. The molecule has 0 spiro atoms. The monoisotopic (exact) mass is 375 g/mol. The summed E-state index contributed by atoms with van der Waals surface area (Å²) in [5.41, 5.74) is 9.50. The second-order valence-electron chi connectivity index (χ2n) is 7.52. The van der Waals surface area contributed by atoms with E-state index in [0.717, 1.165) is 47.1 Å². The lowest BCUT2D eigenvalue weighted by Gasteiger charge is -2.15. The normalized spacial score (nSPS) is 17.0. The van der Waals surface area contributed by atoms with Gasteiger partial charge < -0.3 is 10.6 Å². The van der Waals surface area contributed by atoms with Crippen molar-refractivity contribution in [3.05, 3.63) is 36.7 Å². The van der Waals surface area contributed by atoms with Gasteiger partial charge in [0.2, 0.25) is 5.91 Å². The number of hydrogen-bond donors (Lipinski definition) is 2. The van der Waals surface area contributed by atoms with Crippen LogP contribution in [0.3, 0.4) is 0 Å². The maximum atomic E-state index is 12.6. The number of anilines is 1.